The Morgan fingerprint density at radius 2 is 1.06 bits per heavy atom. The second kappa shape index (κ2) is 33.1. The molecule has 0 aliphatic rings. The first-order valence-corrected chi connectivity index (χ1v) is 20.1. The number of hydrogen-bond donors (Lipinski definition) is 0. The van der Waals surface area contributed by atoms with Crippen molar-refractivity contribution in [3.05, 3.63) is 37.2 Å². The standard InChI is InChI=1S/C40H73N4O5/c1-3-5-7-9-10-11-12-13-14-15-16-17-18-19-20-22-30-47-36-39(49-40-41-24-23-25-42-40)37-48-35-34-46-33-32-45-31-29-44-28-27-43(38-44)26-21-8-6-4-2/h23-25,27-28,38-39H,3-22,26,29-37H2,1-2H3/q+1. The third-order valence-electron chi connectivity index (χ3n) is 8.82. The van der Waals surface area contributed by atoms with Gasteiger partial charge in [0.05, 0.1) is 52.8 Å². The highest BCUT2D eigenvalue weighted by Crippen LogP contribution is 2.14. The monoisotopic (exact) mass is 690 g/mol. The highest BCUT2D eigenvalue weighted by molar-refractivity contribution is 4.94. The van der Waals surface area contributed by atoms with E-state index in [1.807, 2.05) is 0 Å². The second-order valence-corrected chi connectivity index (χ2v) is 13.4. The Morgan fingerprint density at radius 3 is 1.65 bits per heavy atom. The first-order chi connectivity index (χ1) is 24.3. The van der Waals surface area contributed by atoms with Crippen LogP contribution in [-0.2, 0) is 32.0 Å². The minimum Gasteiger partial charge on any atom is -0.455 e. The number of aryl methyl sites for hydroxylation is 1. The number of ether oxygens (including phenoxy) is 5. The van der Waals surface area contributed by atoms with Crippen molar-refractivity contribution in [1.29, 1.82) is 0 Å². The molecule has 282 valence electrons. The zero-order valence-corrected chi connectivity index (χ0v) is 31.6. The molecule has 9 nitrogen and oxygen atoms in total. The molecule has 0 aromatic carbocycles. The number of hydrogen-bond acceptors (Lipinski definition) is 7. The van der Waals surface area contributed by atoms with E-state index in [1.165, 1.54) is 122 Å². The molecule has 0 N–H and O–H groups in total. The summed E-state index contributed by atoms with van der Waals surface area (Å²) in [4.78, 5) is 8.39. The average molecular weight is 690 g/mol. The van der Waals surface area contributed by atoms with Gasteiger partial charge in [0, 0.05) is 19.0 Å². The lowest BCUT2D eigenvalue weighted by Gasteiger charge is -2.18. The van der Waals surface area contributed by atoms with E-state index < -0.39 is 0 Å². The third kappa shape index (κ3) is 26.4. The lowest BCUT2D eigenvalue weighted by Crippen LogP contribution is -2.31. The fourth-order valence-corrected chi connectivity index (χ4v) is 5.83. The molecule has 0 radical (unpaired) electrons. The molecule has 2 aromatic rings. The summed E-state index contributed by atoms with van der Waals surface area (Å²) >= 11 is 0. The van der Waals surface area contributed by atoms with Crippen LogP contribution < -0.4 is 9.30 Å². The van der Waals surface area contributed by atoms with Crippen molar-refractivity contribution in [3.63, 3.8) is 0 Å². The summed E-state index contributed by atoms with van der Waals surface area (Å²) in [7, 11) is 0. The molecular formula is C40H73N4O5+. The van der Waals surface area contributed by atoms with E-state index in [-0.39, 0.29) is 6.10 Å². The normalized spacial score (nSPS) is 12.1. The third-order valence-corrected chi connectivity index (χ3v) is 8.82. The summed E-state index contributed by atoms with van der Waals surface area (Å²) in [5.74, 6) is 0. The molecule has 2 heterocycles. The van der Waals surface area contributed by atoms with Crippen molar-refractivity contribution < 1.29 is 28.3 Å². The Hall–Kier alpha value is -2.07. The molecule has 1 atom stereocenters. The molecule has 9 heteroatoms. The zero-order chi connectivity index (χ0) is 34.7. The fraction of sp³-hybridized carbons (Fsp3) is 0.825. The van der Waals surface area contributed by atoms with Gasteiger partial charge in [-0.05, 0) is 25.3 Å². The summed E-state index contributed by atoms with van der Waals surface area (Å²) in [5.41, 5.74) is 0. The smallest absolute Gasteiger partial charge is 0.316 e. The molecule has 49 heavy (non-hydrogen) atoms. The van der Waals surface area contributed by atoms with Gasteiger partial charge in [-0.2, -0.15) is 0 Å². The Balaban J connectivity index is 1.41. The minimum absolute atomic E-state index is 0.268. The maximum atomic E-state index is 5.97. The number of unbranched alkanes of at least 4 members (excludes halogenated alkanes) is 18. The van der Waals surface area contributed by atoms with Gasteiger partial charge < -0.3 is 23.7 Å². The average Bonchev–Trinajstić information content (AvgIpc) is 3.58. The van der Waals surface area contributed by atoms with Crippen molar-refractivity contribution in [2.75, 3.05) is 52.9 Å². The van der Waals surface area contributed by atoms with Gasteiger partial charge in [0.15, 0.2) is 0 Å². The number of rotatable bonds is 37. The van der Waals surface area contributed by atoms with Crippen LogP contribution in [0.5, 0.6) is 6.01 Å². The van der Waals surface area contributed by atoms with Gasteiger partial charge in [-0.15, -0.1) is 0 Å². The topological polar surface area (TPSA) is 80.7 Å². The maximum Gasteiger partial charge on any atom is 0.316 e. The van der Waals surface area contributed by atoms with E-state index in [4.69, 9.17) is 23.7 Å². The molecule has 0 spiro atoms. The summed E-state index contributed by atoms with van der Waals surface area (Å²) in [6.07, 6.45) is 36.5. The molecule has 2 rings (SSSR count). The molecule has 0 aliphatic heterocycles. The quantitative estimate of drug-likeness (QED) is 0.0518. The van der Waals surface area contributed by atoms with Gasteiger partial charge in [0.2, 0.25) is 6.33 Å². The lowest BCUT2D eigenvalue weighted by atomic mass is 10.0. The molecule has 0 fully saturated rings. The van der Waals surface area contributed by atoms with Gasteiger partial charge in [-0.3, -0.25) is 0 Å². The molecule has 1 unspecified atom stereocenters. The first kappa shape index (κ1) is 43.1. The van der Waals surface area contributed by atoms with Crippen LogP contribution in [0.15, 0.2) is 37.2 Å². The van der Waals surface area contributed by atoms with Crippen LogP contribution in [0.3, 0.4) is 0 Å². The molecule has 0 amide bonds. The van der Waals surface area contributed by atoms with E-state index in [1.54, 1.807) is 18.5 Å². The minimum atomic E-state index is -0.268. The van der Waals surface area contributed by atoms with E-state index in [0.717, 1.165) is 26.1 Å². The predicted molar refractivity (Wildman–Crippen MR) is 198 cm³/mol. The molecule has 0 saturated carbocycles. The predicted octanol–water partition coefficient (Wildman–Crippen LogP) is 8.92. The molecular weight excluding hydrogens is 616 g/mol. The van der Waals surface area contributed by atoms with Gasteiger partial charge in [0.25, 0.3) is 0 Å². The zero-order valence-electron chi connectivity index (χ0n) is 31.6. The van der Waals surface area contributed by atoms with Crippen molar-refractivity contribution in [3.8, 4) is 6.01 Å². The fourth-order valence-electron chi connectivity index (χ4n) is 5.83. The van der Waals surface area contributed by atoms with Crippen LogP contribution >= 0.6 is 0 Å². The largest absolute Gasteiger partial charge is 0.455 e. The van der Waals surface area contributed by atoms with Crippen LogP contribution in [0.25, 0.3) is 0 Å². The summed E-state index contributed by atoms with van der Waals surface area (Å²) in [6, 6.07) is 2.12. The highest BCUT2D eigenvalue weighted by Gasteiger charge is 2.13. The van der Waals surface area contributed by atoms with Crippen molar-refractivity contribution in [1.82, 2.24) is 14.5 Å². The van der Waals surface area contributed by atoms with Crippen molar-refractivity contribution in [2.24, 2.45) is 0 Å². The van der Waals surface area contributed by atoms with Gasteiger partial charge in [-0.25, -0.2) is 19.1 Å². The molecule has 0 bridgehead atoms. The van der Waals surface area contributed by atoms with Gasteiger partial charge in [0.1, 0.15) is 25.0 Å². The van der Waals surface area contributed by atoms with Crippen LogP contribution in [0.2, 0.25) is 0 Å². The Morgan fingerprint density at radius 1 is 0.571 bits per heavy atom. The number of nitrogens with zero attached hydrogens (tertiary/aromatic N) is 4. The molecule has 0 saturated heterocycles. The Kier molecular flexibility index (Phi) is 29.1. The lowest BCUT2D eigenvalue weighted by molar-refractivity contribution is -0.696. The van der Waals surface area contributed by atoms with E-state index >= 15 is 0 Å². The highest BCUT2D eigenvalue weighted by atomic mass is 16.6. The number of imidazole rings is 1. The SMILES string of the molecule is CCCCCCCCCCCCCCCCCCOCC(COCCOCCOCCn1cc[n+](CCCCCC)c1)Oc1ncccn1. The molecule has 0 aliphatic carbocycles. The maximum absolute atomic E-state index is 5.97. The second-order valence-electron chi connectivity index (χ2n) is 13.4. The Labute approximate surface area is 299 Å². The number of aromatic nitrogens is 4. The summed E-state index contributed by atoms with van der Waals surface area (Å²) in [6.45, 7) is 10.8. The van der Waals surface area contributed by atoms with Crippen LogP contribution in [-0.4, -0.2) is 73.5 Å². The molecule has 2 aromatic heterocycles. The van der Waals surface area contributed by atoms with E-state index in [0.29, 0.717) is 52.3 Å². The summed E-state index contributed by atoms with van der Waals surface area (Å²) < 4.78 is 33.7. The van der Waals surface area contributed by atoms with Gasteiger partial charge >= 0.3 is 6.01 Å². The Bertz CT molecular complexity index is 948. The van der Waals surface area contributed by atoms with E-state index in [2.05, 4.69) is 51.7 Å². The van der Waals surface area contributed by atoms with Crippen LogP contribution in [0, 0.1) is 0 Å². The van der Waals surface area contributed by atoms with Gasteiger partial charge in [-0.1, -0.05) is 123 Å². The first-order valence-electron chi connectivity index (χ1n) is 20.1. The summed E-state index contributed by atoms with van der Waals surface area (Å²) in [5, 5.41) is 0. The van der Waals surface area contributed by atoms with Crippen molar-refractivity contribution in [2.45, 2.75) is 161 Å². The van der Waals surface area contributed by atoms with Crippen molar-refractivity contribution >= 4 is 0 Å². The van der Waals surface area contributed by atoms with E-state index in [9.17, 15) is 0 Å². The van der Waals surface area contributed by atoms with Crippen LogP contribution in [0.1, 0.15) is 142 Å². The van der Waals surface area contributed by atoms with Crippen LogP contribution in [0.4, 0.5) is 0 Å².